The van der Waals surface area contributed by atoms with Crippen molar-refractivity contribution in [3.05, 3.63) is 0 Å². The average Bonchev–Trinajstić information content (AvgIpc) is 1.97. The van der Waals surface area contributed by atoms with Crippen LogP contribution in [0.4, 0.5) is 0 Å². The number of hydrogen-bond acceptors (Lipinski definition) is 2. The third-order valence-corrected chi connectivity index (χ3v) is 2.56. The molecular weight excluding hydrogens is 128 g/mol. The van der Waals surface area contributed by atoms with Crippen molar-refractivity contribution in [3.8, 4) is 0 Å². The Morgan fingerprint density at radius 3 is 2.00 bits per heavy atom. The molecule has 0 aromatic rings. The van der Waals surface area contributed by atoms with Gasteiger partial charge < -0.3 is 0 Å². The van der Waals surface area contributed by atoms with Crippen molar-refractivity contribution in [2.45, 2.75) is 27.2 Å². The molecule has 1 aliphatic carbocycles. The second-order valence-corrected chi connectivity index (χ2v) is 3.58. The van der Waals surface area contributed by atoms with E-state index < -0.39 is 5.41 Å². The van der Waals surface area contributed by atoms with E-state index in [-0.39, 0.29) is 17.5 Å². The lowest BCUT2D eigenvalue weighted by atomic mass is 9.82. The molecule has 1 aliphatic rings. The van der Waals surface area contributed by atoms with Crippen LogP contribution < -0.4 is 0 Å². The minimum Gasteiger partial charge on any atom is -0.291 e. The Kier molecular flexibility index (Phi) is 1.42. The predicted octanol–water partition coefficient (Wildman–Crippen LogP) is 1.19. The fraction of sp³-hybridized carbons (Fsp3) is 0.750. The van der Waals surface area contributed by atoms with Crippen molar-refractivity contribution in [1.29, 1.82) is 0 Å². The number of Topliss-reactive ketones (excluding diaryl/α,β-unsaturated/α-hetero) is 2. The highest BCUT2D eigenvalue weighted by molar-refractivity contribution is 6.41. The van der Waals surface area contributed by atoms with E-state index in [2.05, 4.69) is 0 Å². The minimum absolute atomic E-state index is 0.194. The largest absolute Gasteiger partial charge is 0.291 e. The Hall–Kier alpha value is -0.660. The van der Waals surface area contributed by atoms with Gasteiger partial charge in [-0.2, -0.15) is 0 Å². The highest BCUT2D eigenvalue weighted by atomic mass is 16.2. The summed E-state index contributed by atoms with van der Waals surface area (Å²) in [5.41, 5.74) is -0.406. The SMILES string of the molecule is CC1CC(=O)C(=O)C1(C)C. The maximum Gasteiger partial charge on any atom is 0.204 e. The van der Waals surface area contributed by atoms with E-state index in [9.17, 15) is 9.59 Å². The Balaban J connectivity index is 2.96. The summed E-state index contributed by atoms with van der Waals surface area (Å²) in [7, 11) is 0. The molecule has 0 aromatic carbocycles. The summed E-state index contributed by atoms with van der Waals surface area (Å²) in [6.45, 7) is 5.62. The van der Waals surface area contributed by atoms with Gasteiger partial charge in [0.25, 0.3) is 0 Å². The zero-order valence-electron chi connectivity index (χ0n) is 6.60. The fourth-order valence-electron chi connectivity index (χ4n) is 1.21. The highest BCUT2D eigenvalue weighted by Gasteiger charge is 2.45. The number of rotatable bonds is 0. The molecule has 1 rings (SSSR count). The maximum absolute atomic E-state index is 11.1. The third-order valence-electron chi connectivity index (χ3n) is 2.56. The second kappa shape index (κ2) is 1.91. The molecule has 0 spiro atoms. The first-order valence-corrected chi connectivity index (χ1v) is 3.54. The van der Waals surface area contributed by atoms with Gasteiger partial charge >= 0.3 is 0 Å². The van der Waals surface area contributed by atoms with E-state index in [1.807, 2.05) is 20.8 Å². The summed E-state index contributed by atoms with van der Waals surface area (Å²) in [6.07, 6.45) is 0.436. The maximum atomic E-state index is 11.1. The Bertz CT molecular complexity index is 191. The Morgan fingerprint density at radius 2 is 1.90 bits per heavy atom. The Morgan fingerprint density at radius 1 is 1.40 bits per heavy atom. The van der Waals surface area contributed by atoms with Gasteiger partial charge in [-0.25, -0.2) is 0 Å². The van der Waals surface area contributed by atoms with Gasteiger partial charge in [-0.3, -0.25) is 9.59 Å². The van der Waals surface area contributed by atoms with Gasteiger partial charge in [0.1, 0.15) is 0 Å². The van der Waals surface area contributed by atoms with Crippen molar-refractivity contribution in [1.82, 2.24) is 0 Å². The minimum atomic E-state index is -0.406. The van der Waals surface area contributed by atoms with Gasteiger partial charge in [-0.15, -0.1) is 0 Å². The van der Waals surface area contributed by atoms with Gasteiger partial charge in [0.05, 0.1) is 0 Å². The normalized spacial score (nSPS) is 31.3. The molecule has 10 heavy (non-hydrogen) atoms. The summed E-state index contributed by atoms with van der Waals surface area (Å²) in [5.74, 6) is -0.176. The first-order chi connectivity index (χ1) is 4.46. The van der Waals surface area contributed by atoms with Crippen LogP contribution in [-0.2, 0) is 9.59 Å². The van der Waals surface area contributed by atoms with Gasteiger partial charge in [0.2, 0.25) is 5.78 Å². The molecule has 1 atom stereocenters. The van der Waals surface area contributed by atoms with Crippen LogP contribution in [0.15, 0.2) is 0 Å². The number of carbonyl (C=O) groups is 2. The molecule has 1 saturated carbocycles. The van der Waals surface area contributed by atoms with Crippen LogP contribution in [-0.4, -0.2) is 11.6 Å². The van der Waals surface area contributed by atoms with Crippen molar-refractivity contribution >= 4 is 11.6 Å². The van der Waals surface area contributed by atoms with Crippen LogP contribution in [0.5, 0.6) is 0 Å². The molecule has 0 amide bonds. The summed E-state index contributed by atoms with van der Waals surface area (Å²) in [6, 6.07) is 0. The van der Waals surface area contributed by atoms with Crippen molar-refractivity contribution in [2.75, 3.05) is 0 Å². The molecule has 1 unspecified atom stereocenters. The zero-order chi connectivity index (χ0) is 7.94. The molecule has 2 heteroatoms. The van der Waals surface area contributed by atoms with Crippen LogP contribution in [0.3, 0.4) is 0 Å². The van der Waals surface area contributed by atoms with Crippen LogP contribution in [0.2, 0.25) is 0 Å². The first-order valence-electron chi connectivity index (χ1n) is 3.54. The lowest BCUT2D eigenvalue weighted by Gasteiger charge is -2.19. The smallest absolute Gasteiger partial charge is 0.204 e. The van der Waals surface area contributed by atoms with E-state index in [1.165, 1.54) is 0 Å². The van der Waals surface area contributed by atoms with E-state index in [0.717, 1.165) is 0 Å². The first kappa shape index (κ1) is 7.45. The van der Waals surface area contributed by atoms with E-state index in [4.69, 9.17) is 0 Å². The van der Waals surface area contributed by atoms with Crippen LogP contribution in [0.25, 0.3) is 0 Å². The highest BCUT2D eigenvalue weighted by Crippen LogP contribution is 2.36. The topological polar surface area (TPSA) is 34.1 Å². The summed E-state index contributed by atoms with van der Waals surface area (Å²) < 4.78 is 0. The van der Waals surface area contributed by atoms with E-state index in [0.29, 0.717) is 6.42 Å². The molecule has 1 fully saturated rings. The van der Waals surface area contributed by atoms with Crippen LogP contribution in [0, 0.1) is 11.3 Å². The van der Waals surface area contributed by atoms with E-state index >= 15 is 0 Å². The van der Waals surface area contributed by atoms with E-state index in [1.54, 1.807) is 0 Å². The second-order valence-electron chi connectivity index (χ2n) is 3.58. The fourth-order valence-corrected chi connectivity index (χ4v) is 1.21. The molecule has 0 aliphatic heterocycles. The van der Waals surface area contributed by atoms with Crippen LogP contribution in [0.1, 0.15) is 27.2 Å². The molecule has 0 saturated heterocycles. The number of ketones is 2. The lowest BCUT2D eigenvalue weighted by Crippen LogP contribution is -2.25. The van der Waals surface area contributed by atoms with Gasteiger partial charge in [0.15, 0.2) is 5.78 Å². The molecule has 0 heterocycles. The summed E-state index contributed by atoms with van der Waals surface area (Å²) in [4.78, 5) is 21.9. The summed E-state index contributed by atoms with van der Waals surface area (Å²) >= 11 is 0. The zero-order valence-corrected chi connectivity index (χ0v) is 6.60. The Labute approximate surface area is 60.6 Å². The quantitative estimate of drug-likeness (QED) is 0.474. The lowest BCUT2D eigenvalue weighted by molar-refractivity contribution is -0.137. The third kappa shape index (κ3) is 0.789. The summed E-state index contributed by atoms with van der Waals surface area (Å²) in [5, 5.41) is 0. The monoisotopic (exact) mass is 140 g/mol. The van der Waals surface area contributed by atoms with Crippen molar-refractivity contribution in [3.63, 3.8) is 0 Å². The predicted molar refractivity (Wildman–Crippen MR) is 37.6 cm³/mol. The standard InChI is InChI=1S/C8H12O2/c1-5-4-6(9)7(10)8(5,2)3/h5H,4H2,1-3H3. The average molecular weight is 140 g/mol. The van der Waals surface area contributed by atoms with Crippen LogP contribution >= 0.6 is 0 Å². The molecule has 0 N–H and O–H groups in total. The molecular formula is C8H12O2. The van der Waals surface area contributed by atoms with Gasteiger partial charge in [-0.05, 0) is 5.92 Å². The van der Waals surface area contributed by atoms with Gasteiger partial charge in [-0.1, -0.05) is 20.8 Å². The molecule has 0 aromatic heterocycles. The van der Waals surface area contributed by atoms with Gasteiger partial charge in [0, 0.05) is 11.8 Å². The molecule has 0 radical (unpaired) electrons. The molecule has 2 nitrogen and oxygen atoms in total. The molecule has 56 valence electrons. The number of hydrogen-bond donors (Lipinski definition) is 0. The number of carbonyl (C=O) groups excluding carboxylic acids is 2. The molecule has 0 bridgehead atoms. The van der Waals surface area contributed by atoms with Crippen molar-refractivity contribution < 1.29 is 9.59 Å². The van der Waals surface area contributed by atoms with Crippen molar-refractivity contribution in [2.24, 2.45) is 11.3 Å².